The first-order valence-electron chi connectivity index (χ1n) is 10.8. The second kappa shape index (κ2) is 11.2. The molecule has 2 aromatic carbocycles. The fourth-order valence-electron chi connectivity index (χ4n) is 3.62. The van der Waals surface area contributed by atoms with Crippen molar-refractivity contribution in [3.8, 4) is 11.1 Å². The van der Waals surface area contributed by atoms with Crippen molar-refractivity contribution in [2.45, 2.75) is 25.9 Å². The van der Waals surface area contributed by atoms with Crippen molar-refractivity contribution in [3.05, 3.63) is 103 Å². The Bertz CT molecular complexity index is 1100. The summed E-state index contributed by atoms with van der Waals surface area (Å²) in [5.41, 5.74) is 4.07. The van der Waals surface area contributed by atoms with Crippen molar-refractivity contribution in [1.29, 1.82) is 0 Å². The van der Waals surface area contributed by atoms with E-state index < -0.39 is 18.0 Å². The molecule has 0 aliphatic heterocycles. The Morgan fingerprint density at radius 2 is 1.73 bits per heavy atom. The lowest BCUT2D eigenvalue weighted by atomic mass is 9.90. The smallest absolute Gasteiger partial charge is 0.330 e. The van der Waals surface area contributed by atoms with Gasteiger partial charge in [-0.25, -0.2) is 14.0 Å². The monoisotopic (exact) mass is 446 g/mol. The number of hydrogen-bond acceptors (Lipinski definition) is 4. The van der Waals surface area contributed by atoms with Crippen LogP contribution in [-0.2, 0) is 25.5 Å². The second-order valence-electron chi connectivity index (χ2n) is 7.81. The minimum absolute atomic E-state index is 0.0826. The van der Waals surface area contributed by atoms with E-state index in [2.05, 4.69) is 13.2 Å². The first-order chi connectivity index (χ1) is 15.9. The molecular weight excluding hydrogens is 419 g/mol. The van der Waals surface area contributed by atoms with E-state index in [1.165, 1.54) is 6.07 Å². The molecule has 5 heteroatoms. The number of carbonyl (C=O) groups is 2. The summed E-state index contributed by atoms with van der Waals surface area (Å²) in [5, 5.41) is 0. The number of benzene rings is 2. The number of ether oxygens (including phenoxy) is 2. The number of rotatable bonds is 9. The largest absolute Gasteiger partial charge is 0.463 e. The molecule has 0 N–H and O–H groups in total. The van der Waals surface area contributed by atoms with E-state index in [1.807, 2.05) is 43.3 Å². The molecule has 0 spiro atoms. The van der Waals surface area contributed by atoms with Crippen molar-refractivity contribution >= 4 is 17.5 Å². The van der Waals surface area contributed by atoms with Crippen LogP contribution in [0.2, 0.25) is 0 Å². The van der Waals surface area contributed by atoms with E-state index in [1.54, 1.807) is 18.2 Å². The molecule has 0 heterocycles. The molecule has 1 aliphatic rings. The lowest BCUT2D eigenvalue weighted by molar-refractivity contribution is -0.142. The summed E-state index contributed by atoms with van der Waals surface area (Å²) >= 11 is 0. The molecule has 0 fully saturated rings. The summed E-state index contributed by atoms with van der Waals surface area (Å²) in [7, 11) is 0. The third kappa shape index (κ3) is 6.39. The summed E-state index contributed by atoms with van der Waals surface area (Å²) < 4.78 is 25.2. The predicted octanol–water partition coefficient (Wildman–Crippen LogP) is 5.84. The zero-order chi connectivity index (χ0) is 23.8. The van der Waals surface area contributed by atoms with Crippen LogP contribution in [0.5, 0.6) is 0 Å². The Kier molecular flexibility index (Phi) is 8.14. The molecular formula is C28H27FO4. The molecule has 0 aromatic heterocycles. The highest BCUT2D eigenvalue weighted by Gasteiger charge is 2.21. The molecule has 0 bridgehead atoms. The van der Waals surface area contributed by atoms with Crippen molar-refractivity contribution in [2.75, 3.05) is 6.61 Å². The minimum Gasteiger partial charge on any atom is -0.463 e. The summed E-state index contributed by atoms with van der Waals surface area (Å²) in [5.74, 6) is -1.29. The summed E-state index contributed by atoms with van der Waals surface area (Å²) in [6.45, 7) is 9.04. The van der Waals surface area contributed by atoms with Crippen LogP contribution in [0.15, 0.2) is 86.0 Å². The molecule has 0 amide bonds. The Hall–Kier alpha value is -3.73. The van der Waals surface area contributed by atoms with E-state index in [4.69, 9.17) is 9.47 Å². The molecule has 2 atom stereocenters. The standard InChI is InChI=1S/C28H27FO4/c1-4-27(30)32-16-6-7-20-8-10-21(11-9-20)22-12-14-24(25(29)18-22)23-13-15-26(19(3)17-23)33-28(31)5-2/h4-5,8-15,17-19,26H,1-2,6-7,16H2,3H3. The quantitative estimate of drug-likeness (QED) is 0.276. The van der Waals surface area contributed by atoms with Gasteiger partial charge in [0.05, 0.1) is 6.61 Å². The first-order valence-corrected chi connectivity index (χ1v) is 10.8. The van der Waals surface area contributed by atoms with Crippen molar-refractivity contribution in [1.82, 2.24) is 0 Å². The number of aryl methyl sites for hydroxylation is 1. The molecule has 0 saturated heterocycles. The van der Waals surface area contributed by atoms with Crippen molar-refractivity contribution in [2.24, 2.45) is 5.92 Å². The minimum atomic E-state index is -0.481. The van der Waals surface area contributed by atoms with Gasteiger partial charge in [0, 0.05) is 23.6 Å². The van der Waals surface area contributed by atoms with Gasteiger partial charge in [-0.1, -0.05) is 68.6 Å². The third-order valence-corrected chi connectivity index (χ3v) is 5.43. The topological polar surface area (TPSA) is 52.6 Å². The molecule has 4 nitrogen and oxygen atoms in total. The SMILES string of the molecule is C=CC(=O)OCCCc1ccc(-c2ccc(C3=CC(C)C(OC(=O)C=C)C=C3)c(F)c2)cc1. The number of allylic oxidation sites excluding steroid dienone is 2. The highest BCUT2D eigenvalue weighted by Crippen LogP contribution is 2.30. The van der Waals surface area contributed by atoms with E-state index >= 15 is 0 Å². The van der Waals surface area contributed by atoms with Gasteiger partial charge in [-0.05, 0) is 47.2 Å². The maximum absolute atomic E-state index is 15.0. The molecule has 1 aliphatic carbocycles. The van der Waals surface area contributed by atoms with E-state index in [0.717, 1.165) is 47.3 Å². The number of halogens is 1. The van der Waals surface area contributed by atoms with Crippen molar-refractivity contribution < 1.29 is 23.5 Å². The van der Waals surface area contributed by atoms with Crippen LogP contribution in [0.25, 0.3) is 16.7 Å². The van der Waals surface area contributed by atoms with Crippen LogP contribution in [0.1, 0.15) is 24.5 Å². The van der Waals surface area contributed by atoms with Gasteiger partial charge in [-0.3, -0.25) is 0 Å². The van der Waals surface area contributed by atoms with Gasteiger partial charge in [0.1, 0.15) is 11.9 Å². The highest BCUT2D eigenvalue weighted by atomic mass is 19.1. The first kappa shape index (κ1) is 23.9. The lowest BCUT2D eigenvalue weighted by Gasteiger charge is -2.23. The van der Waals surface area contributed by atoms with Crippen LogP contribution in [0.4, 0.5) is 4.39 Å². The van der Waals surface area contributed by atoms with Gasteiger partial charge in [-0.15, -0.1) is 0 Å². The summed E-state index contributed by atoms with van der Waals surface area (Å²) in [4.78, 5) is 22.5. The Morgan fingerprint density at radius 3 is 2.36 bits per heavy atom. The van der Waals surface area contributed by atoms with Crippen molar-refractivity contribution in [3.63, 3.8) is 0 Å². The number of hydrogen-bond donors (Lipinski definition) is 0. The number of carbonyl (C=O) groups excluding carboxylic acids is 2. The van der Waals surface area contributed by atoms with Gasteiger partial charge < -0.3 is 9.47 Å². The average Bonchev–Trinajstić information content (AvgIpc) is 2.83. The van der Waals surface area contributed by atoms with Gasteiger partial charge in [-0.2, -0.15) is 0 Å². The Balaban J connectivity index is 1.65. The molecule has 0 saturated carbocycles. The zero-order valence-corrected chi connectivity index (χ0v) is 18.6. The van der Waals surface area contributed by atoms with E-state index in [-0.39, 0.29) is 11.7 Å². The fourth-order valence-corrected chi connectivity index (χ4v) is 3.62. The molecule has 2 aromatic rings. The van der Waals surface area contributed by atoms with Crippen LogP contribution in [-0.4, -0.2) is 24.6 Å². The number of esters is 2. The van der Waals surface area contributed by atoms with Crippen LogP contribution in [0.3, 0.4) is 0 Å². The van der Waals surface area contributed by atoms with Crippen LogP contribution >= 0.6 is 0 Å². The molecule has 170 valence electrons. The Labute approximate surface area is 193 Å². The normalized spacial score (nSPS) is 17.1. The Morgan fingerprint density at radius 1 is 1.03 bits per heavy atom. The maximum atomic E-state index is 15.0. The van der Waals surface area contributed by atoms with Crippen LogP contribution < -0.4 is 0 Å². The summed E-state index contributed by atoms with van der Waals surface area (Å²) in [6.07, 6.45) is 8.84. The van der Waals surface area contributed by atoms with E-state index in [0.29, 0.717) is 12.2 Å². The average molecular weight is 447 g/mol. The second-order valence-corrected chi connectivity index (χ2v) is 7.81. The van der Waals surface area contributed by atoms with E-state index in [9.17, 15) is 14.0 Å². The molecule has 33 heavy (non-hydrogen) atoms. The predicted molar refractivity (Wildman–Crippen MR) is 128 cm³/mol. The van der Waals surface area contributed by atoms with Gasteiger partial charge in [0.15, 0.2) is 0 Å². The lowest BCUT2D eigenvalue weighted by Crippen LogP contribution is -2.23. The van der Waals surface area contributed by atoms with Crippen LogP contribution in [0, 0.1) is 11.7 Å². The maximum Gasteiger partial charge on any atom is 0.330 e. The van der Waals surface area contributed by atoms with Gasteiger partial charge in [0.25, 0.3) is 0 Å². The van der Waals surface area contributed by atoms with Gasteiger partial charge >= 0.3 is 11.9 Å². The highest BCUT2D eigenvalue weighted by molar-refractivity contribution is 5.82. The van der Waals surface area contributed by atoms with Gasteiger partial charge in [0.2, 0.25) is 0 Å². The zero-order valence-electron chi connectivity index (χ0n) is 18.6. The molecule has 2 unspecified atom stereocenters. The summed E-state index contributed by atoms with van der Waals surface area (Å²) in [6, 6.07) is 13.1. The fraction of sp³-hybridized carbons (Fsp3) is 0.214. The molecule has 0 radical (unpaired) electrons. The third-order valence-electron chi connectivity index (χ3n) is 5.43. The molecule has 3 rings (SSSR count).